The number of ether oxygens (including phenoxy) is 3. The van der Waals surface area contributed by atoms with Gasteiger partial charge in [-0.15, -0.1) is 0 Å². The lowest BCUT2D eigenvalue weighted by Crippen LogP contribution is -2.41. The van der Waals surface area contributed by atoms with Crippen LogP contribution >= 0.6 is 0 Å². The van der Waals surface area contributed by atoms with E-state index in [1.807, 2.05) is 26.1 Å². The largest absolute Gasteiger partial charge is 0.479 e. The Labute approximate surface area is 170 Å². The first kappa shape index (κ1) is 22.9. The van der Waals surface area contributed by atoms with Crippen LogP contribution in [0.3, 0.4) is 0 Å². The molecular weight excluding hydrogens is 380 g/mol. The predicted molar refractivity (Wildman–Crippen MR) is 105 cm³/mol. The summed E-state index contributed by atoms with van der Waals surface area (Å²) >= 11 is 0. The second-order valence-electron chi connectivity index (χ2n) is 7.22. The Morgan fingerprint density at radius 2 is 2.07 bits per heavy atom. The van der Waals surface area contributed by atoms with E-state index in [4.69, 9.17) is 19.3 Å². The Morgan fingerprint density at radius 1 is 1.31 bits per heavy atom. The quantitative estimate of drug-likeness (QED) is 0.547. The zero-order valence-electron chi connectivity index (χ0n) is 17.0. The monoisotopic (exact) mass is 410 g/mol. The molecule has 1 aliphatic heterocycles. The molecule has 1 heterocycles. The van der Waals surface area contributed by atoms with Crippen molar-refractivity contribution in [1.29, 1.82) is 0 Å². The Morgan fingerprint density at radius 3 is 2.76 bits per heavy atom. The minimum Gasteiger partial charge on any atom is -0.479 e. The lowest BCUT2D eigenvalue weighted by molar-refractivity contribution is -0.208. The summed E-state index contributed by atoms with van der Waals surface area (Å²) in [4.78, 5) is 24.6. The van der Waals surface area contributed by atoms with Crippen molar-refractivity contribution < 1.29 is 34.0 Å². The first-order valence-electron chi connectivity index (χ1n) is 9.64. The van der Waals surface area contributed by atoms with Crippen molar-refractivity contribution >= 4 is 12.1 Å². The molecule has 4 atom stereocenters. The standard InChI is InChI=1S/C20H30N2O7/c1-13-8-14(12-27-20(26)22(3)7-6-21-2)4-5-16(9-13)28-18-11-15(23)10-17(29-18)19(24)25/h4-5,8-9,13,15,17-18,21,23H,6-7,10-12H2,1-3H3,(H,24,25)/t13?,15-,17-,18+/m0/s1. The average molecular weight is 410 g/mol. The normalized spacial score (nSPS) is 26.8. The summed E-state index contributed by atoms with van der Waals surface area (Å²) < 4.78 is 16.5. The Kier molecular flexibility index (Phi) is 8.69. The van der Waals surface area contributed by atoms with Gasteiger partial charge in [0.2, 0.25) is 6.29 Å². The van der Waals surface area contributed by atoms with Gasteiger partial charge in [0.1, 0.15) is 12.4 Å². The van der Waals surface area contributed by atoms with E-state index < -0.39 is 30.6 Å². The molecule has 0 saturated carbocycles. The molecule has 0 spiro atoms. The number of hydrogen-bond acceptors (Lipinski definition) is 7. The summed E-state index contributed by atoms with van der Waals surface area (Å²) in [6, 6.07) is 0. The number of carbonyl (C=O) groups excluding carboxylic acids is 1. The van der Waals surface area contributed by atoms with E-state index >= 15 is 0 Å². The van der Waals surface area contributed by atoms with Crippen LogP contribution in [-0.2, 0) is 19.0 Å². The summed E-state index contributed by atoms with van der Waals surface area (Å²) in [6.45, 7) is 3.31. The van der Waals surface area contributed by atoms with Crippen molar-refractivity contribution in [3.05, 3.63) is 35.6 Å². The van der Waals surface area contributed by atoms with Crippen molar-refractivity contribution in [1.82, 2.24) is 10.2 Å². The topological polar surface area (TPSA) is 118 Å². The molecule has 1 unspecified atom stereocenters. The number of aliphatic hydroxyl groups is 1. The first-order valence-corrected chi connectivity index (χ1v) is 9.64. The lowest BCUT2D eigenvalue weighted by atomic mass is 10.1. The SMILES string of the molecule is CNCCN(C)C(=O)OCC1=CC(C)C=C(O[C@H]2C[C@@H](O)C[C@@H](C(=O)O)O2)C=C1. The summed E-state index contributed by atoms with van der Waals surface area (Å²) in [5, 5.41) is 22.0. The highest BCUT2D eigenvalue weighted by atomic mass is 16.7. The van der Waals surface area contributed by atoms with Gasteiger partial charge < -0.3 is 34.6 Å². The number of nitrogens with one attached hydrogen (secondary N) is 1. The zero-order valence-corrected chi connectivity index (χ0v) is 17.0. The molecule has 3 N–H and O–H groups in total. The van der Waals surface area contributed by atoms with Crippen LogP contribution in [0.1, 0.15) is 19.8 Å². The van der Waals surface area contributed by atoms with E-state index in [0.29, 0.717) is 18.8 Å². The van der Waals surface area contributed by atoms with Crippen molar-refractivity contribution in [3.8, 4) is 0 Å². The first-order chi connectivity index (χ1) is 13.8. The number of amides is 1. The van der Waals surface area contributed by atoms with Crippen LogP contribution < -0.4 is 5.32 Å². The van der Waals surface area contributed by atoms with Crippen molar-refractivity contribution in [3.63, 3.8) is 0 Å². The number of carbonyl (C=O) groups is 2. The third-order valence-electron chi connectivity index (χ3n) is 4.55. The van der Waals surface area contributed by atoms with Gasteiger partial charge >= 0.3 is 12.1 Å². The van der Waals surface area contributed by atoms with E-state index in [1.54, 1.807) is 19.2 Å². The average Bonchev–Trinajstić information content (AvgIpc) is 2.84. The molecule has 2 rings (SSSR count). The number of carboxylic acids is 1. The van der Waals surface area contributed by atoms with E-state index in [2.05, 4.69) is 5.32 Å². The Balaban J connectivity index is 1.90. The minimum atomic E-state index is -1.12. The fourth-order valence-electron chi connectivity index (χ4n) is 2.99. The molecule has 1 fully saturated rings. The lowest BCUT2D eigenvalue weighted by Gasteiger charge is -2.31. The van der Waals surface area contributed by atoms with Gasteiger partial charge in [-0.1, -0.05) is 19.1 Å². The van der Waals surface area contributed by atoms with Crippen LogP contribution in [0.2, 0.25) is 0 Å². The van der Waals surface area contributed by atoms with Gasteiger partial charge in [0, 0.05) is 33.0 Å². The summed E-state index contributed by atoms with van der Waals surface area (Å²) in [5.41, 5.74) is 0.815. The molecule has 1 aliphatic carbocycles. The van der Waals surface area contributed by atoms with E-state index in [0.717, 1.165) is 5.57 Å². The van der Waals surface area contributed by atoms with Gasteiger partial charge in [-0.25, -0.2) is 9.59 Å². The summed E-state index contributed by atoms with van der Waals surface area (Å²) in [5.74, 6) is -0.620. The second kappa shape index (κ2) is 11.0. The number of carboxylic acid groups (broad SMARTS) is 1. The molecule has 2 aliphatic rings. The maximum absolute atomic E-state index is 12.0. The number of aliphatic hydroxyl groups excluding tert-OH is 1. The van der Waals surface area contributed by atoms with Crippen molar-refractivity contribution in [2.45, 2.75) is 38.3 Å². The highest BCUT2D eigenvalue weighted by Crippen LogP contribution is 2.25. The smallest absolute Gasteiger partial charge is 0.409 e. The van der Waals surface area contributed by atoms with Crippen LogP contribution in [0.15, 0.2) is 35.6 Å². The molecule has 29 heavy (non-hydrogen) atoms. The molecule has 1 saturated heterocycles. The maximum atomic E-state index is 12.0. The third-order valence-corrected chi connectivity index (χ3v) is 4.55. The highest BCUT2D eigenvalue weighted by Gasteiger charge is 2.34. The maximum Gasteiger partial charge on any atom is 0.409 e. The highest BCUT2D eigenvalue weighted by molar-refractivity contribution is 5.72. The van der Waals surface area contributed by atoms with Crippen LogP contribution in [-0.4, -0.2) is 79.5 Å². The van der Waals surface area contributed by atoms with E-state index in [-0.39, 0.29) is 25.4 Å². The number of allylic oxidation sites excluding steroid dienone is 3. The molecule has 0 aromatic rings. The van der Waals surface area contributed by atoms with Gasteiger partial charge in [0.05, 0.1) is 6.10 Å². The van der Waals surface area contributed by atoms with Crippen molar-refractivity contribution in [2.24, 2.45) is 5.92 Å². The summed E-state index contributed by atoms with van der Waals surface area (Å²) in [7, 11) is 3.49. The fourth-order valence-corrected chi connectivity index (χ4v) is 2.99. The molecule has 0 bridgehead atoms. The van der Waals surface area contributed by atoms with Crippen molar-refractivity contribution in [2.75, 3.05) is 33.8 Å². The van der Waals surface area contributed by atoms with Gasteiger partial charge in [-0.05, 0) is 30.7 Å². The third kappa shape index (κ3) is 7.52. The Bertz CT molecular complexity index is 674. The predicted octanol–water partition coefficient (Wildman–Crippen LogP) is 1.26. The van der Waals surface area contributed by atoms with E-state index in [9.17, 15) is 14.7 Å². The number of likely N-dealkylation sites (N-methyl/N-ethyl adjacent to an activating group) is 2. The van der Waals surface area contributed by atoms with Gasteiger partial charge in [-0.3, -0.25) is 0 Å². The van der Waals surface area contributed by atoms with Gasteiger partial charge in [-0.2, -0.15) is 0 Å². The zero-order chi connectivity index (χ0) is 21.4. The second-order valence-corrected chi connectivity index (χ2v) is 7.22. The van der Waals surface area contributed by atoms with Crippen LogP contribution in [0, 0.1) is 5.92 Å². The van der Waals surface area contributed by atoms with Gasteiger partial charge in [0.15, 0.2) is 6.10 Å². The number of nitrogens with zero attached hydrogens (tertiary/aromatic N) is 1. The fraction of sp³-hybridized carbons (Fsp3) is 0.600. The van der Waals surface area contributed by atoms with Crippen LogP contribution in [0.4, 0.5) is 4.79 Å². The molecular formula is C20H30N2O7. The molecule has 0 aromatic carbocycles. The number of rotatable bonds is 8. The van der Waals surface area contributed by atoms with E-state index in [1.165, 1.54) is 4.90 Å². The van der Waals surface area contributed by atoms with Crippen LogP contribution in [0.5, 0.6) is 0 Å². The molecule has 9 heteroatoms. The molecule has 1 amide bonds. The number of aliphatic carboxylic acids is 1. The number of hydrogen-bond donors (Lipinski definition) is 3. The molecule has 162 valence electrons. The Hall–Kier alpha value is -2.36. The molecule has 9 nitrogen and oxygen atoms in total. The summed E-state index contributed by atoms with van der Waals surface area (Å²) in [6.07, 6.45) is 4.40. The molecule has 0 radical (unpaired) electrons. The van der Waals surface area contributed by atoms with Crippen LogP contribution in [0.25, 0.3) is 0 Å². The van der Waals surface area contributed by atoms with Gasteiger partial charge in [0.25, 0.3) is 0 Å². The minimum absolute atomic E-state index is 0.000456. The molecule has 0 aromatic heterocycles.